The Bertz CT molecular complexity index is 1490. The molecule has 0 spiro atoms. The van der Waals surface area contributed by atoms with Crippen LogP contribution in [0.25, 0.3) is 5.76 Å². The molecule has 0 saturated carbocycles. The summed E-state index contributed by atoms with van der Waals surface area (Å²) in [6.45, 7) is 5.92. The lowest BCUT2D eigenvalue weighted by atomic mass is 9.91. The van der Waals surface area contributed by atoms with Gasteiger partial charge in [0.05, 0.1) is 38.5 Å². The lowest BCUT2D eigenvalue weighted by Gasteiger charge is -2.26. The van der Waals surface area contributed by atoms with E-state index in [1.807, 2.05) is 32.9 Å². The second-order valence-electron chi connectivity index (χ2n) is 9.96. The van der Waals surface area contributed by atoms with Gasteiger partial charge in [-0.1, -0.05) is 38.1 Å². The maximum atomic E-state index is 13.6. The van der Waals surface area contributed by atoms with E-state index in [-0.39, 0.29) is 23.8 Å². The van der Waals surface area contributed by atoms with Crippen molar-refractivity contribution in [3.63, 3.8) is 0 Å². The lowest BCUT2D eigenvalue weighted by Crippen LogP contribution is -2.29. The molecular weight excluding hydrogens is 510 g/mol. The topological polar surface area (TPSA) is 102 Å². The molecule has 1 unspecified atom stereocenters. The van der Waals surface area contributed by atoms with Crippen molar-refractivity contribution < 1.29 is 33.7 Å². The zero-order valence-corrected chi connectivity index (χ0v) is 23.5. The molecular formula is C32H33NO7. The molecule has 0 aliphatic carbocycles. The Kier molecular flexibility index (Phi) is 8.28. The minimum absolute atomic E-state index is 0.00703. The van der Waals surface area contributed by atoms with Crippen LogP contribution in [0.2, 0.25) is 0 Å². The predicted octanol–water partition coefficient (Wildman–Crippen LogP) is 5.54. The fourth-order valence-corrected chi connectivity index (χ4v) is 4.99. The molecule has 8 heteroatoms. The molecule has 1 fully saturated rings. The average Bonchev–Trinajstić information content (AvgIpc) is 3.21. The number of ether oxygens (including phenoxy) is 3. The number of rotatable bonds is 8. The molecule has 1 atom stereocenters. The average molecular weight is 544 g/mol. The van der Waals surface area contributed by atoms with Gasteiger partial charge < -0.3 is 24.2 Å². The van der Waals surface area contributed by atoms with Crippen LogP contribution >= 0.6 is 0 Å². The second-order valence-corrected chi connectivity index (χ2v) is 9.96. The van der Waals surface area contributed by atoms with Crippen LogP contribution in [-0.2, 0) is 20.9 Å². The highest BCUT2D eigenvalue weighted by molar-refractivity contribution is 6.46. The number of hydrogen-bond donors (Lipinski definition) is 1. The van der Waals surface area contributed by atoms with Gasteiger partial charge in [-0.3, -0.25) is 9.59 Å². The van der Waals surface area contributed by atoms with Gasteiger partial charge in [0.1, 0.15) is 17.3 Å². The van der Waals surface area contributed by atoms with Crippen molar-refractivity contribution in [1.29, 1.82) is 0 Å². The van der Waals surface area contributed by atoms with E-state index < -0.39 is 23.7 Å². The van der Waals surface area contributed by atoms with Gasteiger partial charge in [0.2, 0.25) is 0 Å². The fraction of sp³-hybridized carbons (Fsp3) is 0.281. The molecule has 1 saturated heterocycles. The van der Waals surface area contributed by atoms with Crippen molar-refractivity contribution in [3.8, 4) is 11.5 Å². The minimum atomic E-state index is -0.876. The van der Waals surface area contributed by atoms with Gasteiger partial charge in [-0.15, -0.1) is 0 Å². The fourth-order valence-electron chi connectivity index (χ4n) is 4.99. The summed E-state index contributed by atoms with van der Waals surface area (Å²) < 4.78 is 15.7. The number of hydrogen-bond acceptors (Lipinski definition) is 7. The number of likely N-dealkylation sites (tertiary alicyclic amines) is 1. The third-order valence-corrected chi connectivity index (χ3v) is 7.13. The summed E-state index contributed by atoms with van der Waals surface area (Å²) in [5.41, 5.74) is 3.70. The van der Waals surface area contributed by atoms with Crippen molar-refractivity contribution >= 4 is 23.4 Å². The number of aliphatic hydroxyl groups excluding tert-OH is 1. The first-order valence-electron chi connectivity index (χ1n) is 12.9. The molecule has 1 aliphatic rings. The van der Waals surface area contributed by atoms with E-state index in [1.165, 1.54) is 19.1 Å². The van der Waals surface area contributed by atoms with Gasteiger partial charge in [0.25, 0.3) is 11.7 Å². The number of nitrogens with zero attached hydrogens (tertiary/aromatic N) is 1. The molecule has 1 aliphatic heterocycles. The Morgan fingerprint density at radius 2 is 1.68 bits per heavy atom. The maximum Gasteiger partial charge on any atom is 0.337 e. The molecule has 40 heavy (non-hydrogen) atoms. The highest BCUT2D eigenvalue weighted by Gasteiger charge is 2.46. The Morgan fingerprint density at radius 3 is 2.27 bits per heavy atom. The predicted molar refractivity (Wildman–Crippen MR) is 150 cm³/mol. The number of aryl methyl sites for hydroxylation is 1. The molecule has 4 rings (SSSR count). The van der Waals surface area contributed by atoms with Crippen LogP contribution in [0.15, 0.2) is 66.2 Å². The van der Waals surface area contributed by atoms with Crippen LogP contribution in [0.3, 0.4) is 0 Å². The highest BCUT2D eigenvalue weighted by atomic mass is 16.5. The first-order valence-corrected chi connectivity index (χ1v) is 12.9. The van der Waals surface area contributed by atoms with Crippen molar-refractivity contribution in [2.24, 2.45) is 0 Å². The molecule has 1 N–H and O–H groups in total. The van der Waals surface area contributed by atoms with E-state index in [0.717, 1.165) is 5.56 Å². The van der Waals surface area contributed by atoms with Crippen molar-refractivity contribution in [3.05, 3.63) is 99.6 Å². The summed E-state index contributed by atoms with van der Waals surface area (Å²) in [5.74, 6) is -0.917. The second kappa shape index (κ2) is 11.7. The molecule has 0 radical (unpaired) electrons. The van der Waals surface area contributed by atoms with Gasteiger partial charge in [-0.05, 0) is 71.5 Å². The van der Waals surface area contributed by atoms with Crippen LogP contribution in [0.5, 0.6) is 11.5 Å². The van der Waals surface area contributed by atoms with E-state index in [2.05, 4.69) is 0 Å². The Labute approximate surface area is 233 Å². The zero-order valence-electron chi connectivity index (χ0n) is 23.5. The number of Topliss-reactive ketones (excluding diaryl/α,β-unsaturated/α-hetero) is 1. The maximum absolute atomic E-state index is 13.6. The number of methoxy groups -OCH3 is 3. The Balaban J connectivity index is 1.88. The quantitative estimate of drug-likeness (QED) is 0.172. The first-order chi connectivity index (χ1) is 19.1. The summed E-state index contributed by atoms with van der Waals surface area (Å²) >= 11 is 0. The number of aliphatic hydroxyl groups is 1. The van der Waals surface area contributed by atoms with Gasteiger partial charge in [0.15, 0.2) is 0 Å². The number of benzene rings is 3. The monoisotopic (exact) mass is 543 g/mol. The first kappa shape index (κ1) is 28.4. The highest BCUT2D eigenvalue weighted by Crippen LogP contribution is 2.42. The van der Waals surface area contributed by atoms with Crippen LogP contribution in [-0.4, -0.2) is 49.0 Å². The molecule has 208 valence electrons. The third-order valence-electron chi connectivity index (χ3n) is 7.13. The summed E-state index contributed by atoms with van der Waals surface area (Å²) in [5, 5.41) is 11.7. The Hall–Kier alpha value is -4.59. The van der Waals surface area contributed by atoms with Crippen LogP contribution in [0.1, 0.15) is 64.0 Å². The van der Waals surface area contributed by atoms with E-state index >= 15 is 0 Å². The minimum Gasteiger partial charge on any atom is -0.507 e. The molecule has 1 heterocycles. The zero-order chi connectivity index (χ0) is 29.1. The van der Waals surface area contributed by atoms with Crippen molar-refractivity contribution in [2.45, 2.75) is 39.3 Å². The summed E-state index contributed by atoms with van der Waals surface area (Å²) in [6.07, 6.45) is 0. The van der Waals surface area contributed by atoms with E-state index in [4.69, 9.17) is 14.2 Å². The van der Waals surface area contributed by atoms with Crippen molar-refractivity contribution in [2.75, 3.05) is 21.3 Å². The van der Waals surface area contributed by atoms with Crippen molar-refractivity contribution in [1.82, 2.24) is 4.90 Å². The van der Waals surface area contributed by atoms with Crippen LogP contribution in [0, 0.1) is 6.92 Å². The summed E-state index contributed by atoms with van der Waals surface area (Å²) in [7, 11) is 4.43. The summed E-state index contributed by atoms with van der Waals surface area (Å²) in [4.78, 5) is 40.3. The summed E-state index contributed by atoms with van der Waals surface area (Å²) in [6, 6.07) is 16.5. The SMILES string of the molecule is COC(=O)c1ccc(CN2C(=O)C(=O)/C(=C(/O)c3cc(C(C)C)c(OC)cc3C)C2c2cccc(OC)c2)cc1. The Morgan fingerprint density at radius 1 is 0.975 bits per heavy atom. The van der Waals surface area contributed by atoms with E-state index in [0.29, 0.717) is 39.3 Å². The molecule has 3 aromatic rings. The lowest BCUT2D eigenvalue weighted by molar-refractivity contribution is -0.140. The molecule has 8 nitrogen and oxygen atoms in total. The van der Waals surface area contributed by atoms with Gasteiger partial charge >= 0.3 is 5.97 Å². The largest absolute Gasteiger partial charge is 0.507 e. The standard InChI is InChI=1S/C32H33NO7/c1-18(2)24-16-25(19(3)14-26(24)39-5)29(34)27-28(22-8-7-9-23(15-22)38-4)33(31(36)30(27)35)17-20-10-12-21(13-11-20)32(37)40-6/h7-16,18,28,34H,17H2,1-6H3/b29-27+. The van der Waals surface area contributed by atoms with Gasteiger partial charge in [0, 0.05) is 12.1 Å². The number of amides is 1. The van der Waals surface area contributed by atoms with E-state index in [1.54, 1.807) is 55.6 Å². The molecule has 3 aromatic carbocycles. The number of carbonyl (C=O) groups excluding carboxylic acids is 3. The van der Waals surface area contributed by atoms with Crippen LogP contribution in [0.4, 0.5) is 0 Å². The smallest absolute Gasteiger partial charge is 0.337 e. The third kappa shape index (κ3) is 5.30. The number of esters is 1. The van der Waals surface area contributed by atoms with Crippen LogP contribution < -0.4 is 9.47 Å². The normalized spacial score (nSPS) is 16.4. The van der Waals surface area contributed by atoms with E-state index in [9.17, 15) is 19.5 Å². The number of ketones is 1. The molecule has 0 aromatic heterocycles. The molecule has 1 amide bonds. The molecule has 0 bridgehead atoms. The van der Waals surface area contributed by atoms with Gasteiger partial charge in [-0.2, -0.15) is 0 Å². The van der Waals surface area contributed by atoms with Gasteiger partial charge in [-0.25, -0.2) is 4.79 Å². The number of carbonyl (C=O) groups is 3.